The first-order valence-corrected chi connectivity index (χ1v) is 9.47. The van der Waals surface area contributed by atoms with Crippen LogP contribution in [0.5, 0.6) is 11.5 Å². The number of hydrogen-bond acceptors (Lipinski definition) is 4. The average Bonchev–Trinajstić information content (AvgIpc) is 2.70. The molecule has 4 rings (SSSR count). The van der Waals surface area contributed by atoms with Crippen LogP contribution >= 0.6 is 11.6 Å². The van der Waals surface area contributed by atoms with Crippen molar-refractivity contribution < 1.29 is 14.3 Å². The number of urea groups is 1. The van der Waals surface area contributed by atoms with Crippen LogP contribution in [0.3, 0.4) is 0 Å². The van der Waals surface area contributed by atoms with Crippen LogP contribution in [0.2, 0.25) is 5.02 Å². The molecule has 27 heavy (non-hydrogen) atoms. The fourth-order valence-corrected chi connectivity index (χ4v) is 3.41. The van der Waals surface area contributed by atoms with Crippen LogP contribution in [0.15, 0.2) is 42.5 Å². The molecule has 0 spiro atoms. The van der Waals surface area contributed by atoms with Gasteiger partial charge in [0.1, 0.15) is 13.2 Å². The summed E-state index contributed by atoms with van der Waals surface area (Å²) in [7, 11) is 0. The fourth-order valence-electron chi connectivity index (χ4n) is 3.28. The summed E-state index contributed by atoms with van der Waals surface area (Å²) < 4.78 is 11.1. The second-order valence-electron chi connectivity index (χ2n) is 6.68. The minimum atomic E-state index is -0.0854. The van der Waals surface area contributed by atoms with E-state index in [2.05, 4.69) is 10.2 Å². The Hall–Kier alpha value is -2.44. The largest absolute Gasteiger partial charge is 0.486 e. The molecule has 0 saturated carbocycles. The van der Waals surface area contributed by atoms with Gasteiger partial charge >= 0.3 is 6.03 Å². The van der Waals surface area contributed by atoms with Gasteiger partial charge in [0.2, 0.25) is 0 Å². The second-order valence-corrected chi connectivity index (χ2v) is 7.11. The third kappa shape index (κ3) is 4.46. The molecule has 2 aliphatic heterocycles. The van der Waals surface area contributed by atoms with Crippen LogP contribution in [-0.4, -0.2) is 55.2 Å². The summed E-state index contributed by atoms with van der Waals surface area (Å²) in [6.45, 7) is 5.04. The number of rotatable bonds is 3. The van der Waals surface area contributed by atoms with Crippen molar-refractivity contribution >= 4 is 23.3 Å². The van der Waals surface area contributed by atoms with Crippen molar-refractivity contribution in [1.29, 1.82) is 0 Å². The quantitative estimate of drug-likeness (QED) is 0.876. The smallest absolute Gasteiger partial charge is 0.321 e. The summed E-state index contributed by atoms with van der Waals surface area (Å²) >= 11 is 5.93. The number of nitrogens with zero attached hydrogens (tertiary/aromatic N) is 2. The zero-order valence-electron chi connectivity index (χ0n) is 15.0. The van der Waals surface area contributed by atoms with Gasteiger partial charge in [-0.1, -0.05) is 23.7 Å². The number of anilines is 1. The molecule has 7 heteroatoms. The maximum absolute atomic E-state index is 12.5. The van der Waals surface area contributed by atoms with Crippen LogP contribution in [0.1, 0.15) is 5.56 Å². The summed E-state index contributed by atoms with van der Waals surface area (Å²) in [5.74, 6) is 1.39. The molecule has 6 nitrogen and oxygen atoms in total. The van der Waals surface area contributed by atoms with E-state index in [1.807, 2.05) is 47.4 Å². The maximum Gasteiger partial charge on any atom is 0.321 e. The highest BCUT2D eigenvalue weighted by atomic mass is 35.5. The maximum atomic E-state index is 12.5. The topological polar surface area (TPSA) is 54.0 Å². The van der Waals surface area contributed by atoms with Crippen LogP contribution in [-0.2, 0) is 6.54 Å². The predicted molar refractivity (Wildman–Crippen MR) is 105 cm³/mol. The molecule has 2 aromatic carbocycles. The van der Waals surface area contributed by atoms with Gasteiger partial charge in [0.05, 0.1) is 0 Å². The Kier molecular flexibility index (Phi) is 5.36. The van der Waals surface area contributed by atoms with E-state index in [0.717, 1.165) is 30.4 Å². The molecule has 0 unspecified atom stereocenters. The molecule has 2 aromatic rings. The number of nitrogens with one attached hydrogen (secondary N) is 1. The van der Waals surface area contributed by atoms with E-state index >= 15 is 0 Å². The second kappa shape index (κ2) is 8.06. The number of carbonyl (C=O) groups excluding carboxylic acids is 1. The lowest BCUT2D eigenvalue weighted by molar-refractivity contribution is 0.143. The van der Waals surface area contributed by atoms with Crippen molar-refractivity contribution in [2.45, 2.75) is 6.54 Å². The molecule has 0 atom stereocenters. The number of fused-ring (bicyclic) bond motifs is 1. The highest BCUT2D eigenvalue weighted by molar-refractivity contribution is 6.30. The van der Waals surface area contributed by atoms with Crippen molar-refractivity contribution in [3.63, 3.8) is 0 Å². The lowest BCUT2D eigenvalue weighted by Gasteiger charge is -2.34. The minimum Gasteiger partial charge on any atom is -0.486 e. The summed E-state index contributed by atoms with van der Waals surface area (Å²) in [5, 5.41) is 3.70. The number of hydrogen-bond donors (Lipinski definition) is 1. The Morgan fingerprint density at radius 3 is 2.41 bits per heavy atom. The highest BCUT2D eigenvalue weighted by Crippen LogP contribution is 2.32. The first-order chi connectivity index (χ1) is 13.2. The standard InChI is InChI=1S/C20H22ClN3O3/c21-16-3-1-15(2-4-16)14-23-7-9-24(10-8-23)20(25)22-17-5-6-18-19(13-17)27-12-11-26-18/h1-6,13H,7-12,14H2,(H,22,25). The minimum absolute atomic E-state index is 0.0854. The van der Waals surface area contributed by atoms with E-state index < -0.39 is 0 Å². The number of piperazine rings is 1. The van der Waals surface area contributed by atoms with E-state index in [4.69, 9.17) is 21.1 Å². The van der Waals surface area contributed by atoms with Crippen molar-refractivity contribution in [2.75, 3.05) is 44.7 Å². The average molecular weight is 388 g/mol. The molecule has 0 radical (unpaired) electrons. The van der Waals surface area contributed by atoms with E-state index in [-0.39, 0.29) is 6.03 Å². The fraction of sp³-hybridized carbons (Fsp3) is 0.350. The Balaban J connectivity index is 1.29. The van der Waals surface area contributed by atoms with Crippen LogP contribution in [0, 0.1) is 0 Å². The lowest BCUT2D eigenvalue weighted by Crippen LogP contribution is -2.49. The molecule has 0 aliphatic carbocycles. The summed E-state index contributed by atoms with van der Waals surface area (Å²) in [5.41, 5.74) is 1.95. The van der Waals surface area contributed by atoms with Gasteiger partial charge in [-0.3, -0.25) is 4.90 Å². The van der Waals surface area contributed by atoms with Gasteiger partial charge in [-0.25, -0.2) is 4.79 Å². The van der Waals surface area contributed by atoms with Gasteiger partial charge in [0, 0.05) is 49.5 Å². The molecule has 1 N–H and O–H groups in total. The SMILES string of the molecule is O=C(Nc1ccc2c(c1)OCCO2)N1CCN(Cc2ccc(Cl)cc2)CC1. The number of ether oxygens (including phenoxy) is 2. The van der Waals surface area contributed by atoms with Gasteiger partial charge in [-0.2, -0.15) is 0 Å². The molecule has 2 heterocycles. The normalized spacial score (nSPS) is 16.9. The van der Waals surface area contributed by atoms with Gasteiger partial charge in [-0.15, -0.1) is 0 Å². The third-order valence-corrected chi connectivity index (χ3v) is 5.02. The molecular weight excluding hydrogens is 366 g/mol. The van der Waals surface area contributed by atoms with Gasteiger partial charge in [0.25, 0.3) is 0 Å². The van der Waals surface area contributed by atoms with Crippen LogP contribution < -0.4 is 14.8 Å². The van der Waals surface area contributed by atoms with Gasteiger partial charge < -0.3 is 19.7 Å². The lowest BCUT2D eigenvalue weighted by atomic mass is 10.2. The van der Waals surface area contributed by atoms with E-state index in [1.54, 1.807) is 0 Å². The monoisotopic (exact) mass is 387 g/mol. The molecule has 1 fully saturated rings. The molecule has 2 aliphatic rings. The van der Waals surface area contributed by atoms with Crippen molar-refractivity contribution in [3.05, 3.63) is 53.1 Å². The van der Waals surface area contributed by atoms with Gasteiger partial charge in [0.15, 0.2) is 11.5 Å². The predicted octanol–water partition coefficient (Wildman–Crippen LogP) is 3.46. The van der Waals surface area contributed by atoms with E-state index in [1.165, 1.54) is 5.56 Å². The summed E-state index contributed by atoms with van der Waals surface area (Å²) in [6, 6.07) is 13.3. The van der Waals surface area contributed by atoms with E-state index in [9.17, 15) is 4.79 Å². The van der Waals surface area contributed by atoms with Gasteiger partial charge in [-0.05, 0) is 29.8 Å². The van der Waals surface area contributed by atoms with Crippen molar-refractivity contribution in [3.8, 4) is 11.5 Å². The van der Waals surface area contributed by atoms with E-state index in [0.29, 0.717) is 37.7 Å². The summed E-state index contributed by atoms with van der Waals surface area (Å²) in [6.07, 6.45) is 0. The van der Waals surface area contributed by atoms with Crippen molar-refractivity contribution in [1.82, 2.24) is 9.80 Å². The zero-order chi connectivity index (χ0) is 18.6. The highest BCUT2D eigenvalue weighted by Gasteiger charge is 2.22. The molecule has 0 bridgehead atoms. The Morgan fingerprint density at radius 2 is 1.67 bits per heavy atom. The van der Waals surface area contributed by atoms with Crippen LogP contribution in [0.25, 0.3) is 0 Å². The Morgan fingerprint density at radius 1 is 0.963 bits per heavy atom. The molecule has 0 aromatic heterocycles. The van der Waals surface area contributed by atoms with Crippen molar-refractivity contribution in [2.24, 2.45) is 0 Å². The van der Waals surface area contributed by atoms with Crippen LogP contribution in [0.4, 0.5) is 10.5 Å². The Labute approximate surface area is 163 Å². The first kappa shape index (κ1) is 17.9. The summed E-state index contributed by atoms with van der Waals surface area (Å²) in [4.78, 5) is 16.7. The molecular formula is C20H22ClN3O3. The molecule has 142 valence electrons. The number of amides is 2. The third-order valence-electron chi connectivity index (χ3n) is 4.77. The number of carbonyl (C=O) groups is 1. The zero-order valence-corrected chi connectivity index (χ0v) is 15.7. The number of halogens is 1. The first-order valence-electron chi connectivity index (χ1n) is 9.10. The molecule has 2 amide bonds. The molecule has 1 saturated heterocycles. The Bertz CT molecular complexity index is 805. The number of benzene rings is 2.